The second-order valence-electron chi connectivity index (χ2n) is 4.13. The van der Waals surface area contributed by atoms with Gasteiger partial charge in [0.15, 0.2) is 0 Å². The maximum Gasteiger partial charge on any atom is 0.248 e. The van der Waals surface area contributed by atoms with Gasteiger partial charge in [0.25, 0.3) is 0 Å². The Bertz CT molecular complexity index is 172. The molecule has 0 radical (unpaired) electrons. The summed E-state index contributed by atoms with van der Waals surface area (Å²) in [6.45, 7) is 0. The Kier molecular flexibility index (Phi) is 3.23. The van der Waals surface area contributed by atoms with Crippen LogP contribution in [0, 0.1) is 0 Å². The molecule has 1 aliphatic rings. The highest BCUT2D eigenvalue weighted by atomic mass is 32.1. The Morgan fingerprint density at radius 1 is 1.15 bits per heavy atom. The summed E-state index contributed by atoms with van der Waals surface area (Å²) in [5, 5.41) is 0. The van der Waals surface area contributed by atoms with E-state index in [1.165, 1.54) is 0 Å². The molecular formula is C9H17F2NS. The van der Waals surface area contributed by atoms with Crippen molar-refractivity contribution in [3.05, 3.63) is 0 Å². The molecule has 1 fully saturated rings. The second-order valence-corrected chi connectivity index (χ2v) is 4.45. The van der Waals surface area contributed by atoms with E-state index in [1.807, 2.05) is 19.0 Å². The van der Waals surface area contributed by atoms with Crippen LogP contribution in [0.1, 0.15) is 25.7 Å². The van der Waals surface area contributed by atoms with Crippen molar-refractivity contribution in [3.63, 3.8) is 0 Å². The zero-order chi connectivity index (χ0) is 10.1. The van der Waals surface area contributed by atoms with Crippen LogP contribution in [0.3, 0.4) is 0 Å². The lowest BCUT2D eigenvalue weighted by Gasteiger charge is -2.44. The monoisotopic (exact) mass is 209 g/mol. The summed E-state index contributed by atoms with van der Waals surface area (Å²) in [5.74, 6) is -1.78. The Hall–Kier alpha value is 0.170. The molecule has 0 aromatic rings. The van der Waals surface area contributed by atoms with Crippen molar-refractivity contribution < 1.29 is 8.78 Å². The van der Waals surface area contributed by atoms with Gasteiger partial charge in [0.05, 0.1) is 0 Å². The standard InChI is InChI=1S/C9H17F2NS/c1-12(2)8(7-13)3-5-9(10,11)6-4-8/h13H,3-7H2,1-2H3. The first-order chi connectivity index (χ1) is 5.92. The van der Waals surface area contributed by atoms with Crippen LogP contribution in [-0.4, -0.2) is 36.2 Å². The van der Waals surface area contributed by atoms with Crippen molar-refractivity contribution in [2.75, 3.05) is 19.8 Å². The first kappa shape index (κ1) is 11.2. The predicted molar refractivity (Wildman–Crippen MR) is 53.7 cm³/mol. The van der Waals surface area contributed by atoms with Crippen LogP contribution >= 0.6 is 12.6 Å². The van der Waals surface area contributed by atoms with E-state index in [4.69, 9.17) is 0 Å². The molecular weight excluding hydrogens is 192 g/mol. The number of alkyl halides is 2. The lowest BCUT2D eigenvalue weighted by molar-refractivity contribution is -0.0681. The van der Waals surface area contributed by atoms with Gasteiger partial charge in [-0.2, -0.15) is 12.6 Å². The molecule has 1 rings (SSSR count). The molecule has 1 nitrogen and oxygen atoms in total. The molecule has 78 valence electrons. The van der Waals surface area contributed by atoms with E-state index in [-0.39, 0.29) is 18.4 Å². The van der Waals surface area contributed by atoms with E-state index in [0.717, 1.165) is 0 Å². The predicted octanol–water partition coefficient (Wildman–Crippen LogP) is 2.43. The third-order valence-electron chi connectivity index (χ3n) is 3.16. The first-order valence-electron chi connectivity index (χ1n) is 4.58. The fourth-order valence-electron chi connectivity index (χ4n) is 1.83. The van der Waals surface area contributed by atoms with Gasteiger partial charge in [-0.1, -0.05) is 0 Å². The highest BCUT2D eigenvalue weighted by molar-refractivity contribution is 7.80. The van der Waals surface area contributed by atoms with Gasteiger partial charge in [-0.05, 0) is 26.9 Å². The lowest BCUT2D eigenvalue weighted by Crippen LogP contribution is -2.50. The molecule has 0 amide bonds. The van der Waals surface area contributed by atoms with Gasteiger partial charge in [-0.3, -0.25) is 0 Å². The molecule has 0 atom stereocenters. The van der Waals surface area contributed by atoms with Gasteiger partial charge >= 0.3 is 0 Å². The van der Waals surface area contributed by atoms with E-state index in [0.29, 0.717) is 18.6 Å². The Morgan fingerprint density at radius 3 is 1.92 bits per heavy atom. The summed E-state index contributed by atoms with van der Waals surface area (Å²) < 4.78 is 25.8. The maximum absolute atomic E-state index is 12.9. The topological polar surface area (TPSA) is 3.24 Å². The van der Waals surface area contributed by atoms with Crippen LogP contribution in [0.25, 0.3) is 0 Å². The Morgan fingerprint density at radius 2 is 1.62 bits per heavy atom. The molecule has 0 aromatic carbocycles. The minimum atomic E-state index is -2.44. The van der Waals surface area contributed by atoms with Crippen LogP contribution in [-0.2, 0) is 0 Å². The van der Waals surface area contributed by atoms with Gasteiger partial charge < -0.3 is 4.90 Å². The molecule has 0 saturated heterocycles. The minimum absolute atomic E-state index is 0.00569. The quantitative estimate of drug-likeness (QED) is 0.684. The smallest absolute Gasteiger partial charge is 0.248 e. The van der Waals surface area contributed by atoms with Crippen LogP contribution in [0.15, 0.2) is 0 Å². The fourth-order valence-corrected chi connectivity index (χ4v) is 2.43. The van der Waals surface area contributed by atoms with Gasteiger partial charge in [0.2, 0.25) is 5.92 Å². The maximum atomic E-state index is 12.9. The summed E-state index contributed by atoms with van der Waals surface area (Å²) in [6.07, 6.45) is 1.12. The molecule has 1 saturated carbocycles. The minimum Gasteiger partial charge on any atom is -0.303 e. The summed E-state index contributed by atoms with van der Waals surface area (Å²) >= 11 is 4.26. The highest BCUT2D eigenvalue weighted by Crippen LogP contribution is 2.41. The number of hydrogen-bond acceptors (Lipinski definition) is 2. The molecule has 4 heteroatoms. The summed E-state index contributed by atoms with van der Waals surface area (Å²) in [7, 11) is 3.89. The summed E-state index contributed by atoms with van der Waals surface area (Å²) in [5.41, 5.74) is -0.106. The SMILES string of the molecule is CN(C)C1(CS)CCC(F)(F)CC1. The average Bonchev–Trinajstić information content (AvgIpc) is 2.05. The highest BCUT2D eigenvalue weighted by Gasteiger charge is 2.43. The van der Waals surface area contributed by atoms with Gasteiger partial charge in [0, 0.05) is 24.1 Å². The van der Waals surface area contributed by atoms with Crippen molar-refractivity contribution >= 4 is 12.6 Å². The number of hydrogen-bond donors (Lipinski definition) is 1. The Balaban J connectivity index is 2.63. The lowest BCUT2D eigenvalue weighted by atomic mass is 9.80. The number of rotatable bonds is 2. The van der Waals surface area contributed by atoms with Crippen LogP contribution in [0.5, 0.6) is 0 Å². The average molecular weight is 209 g/mol. The second kappa shape index (κ2) is 3.73. The third kappa shape index (κ3) is 2.34. The molecule has 0 aromatic heterocycles. The summed E-state index contributed by atoms with van der Waals surface area (Å²) in [4.78, 5) is 2.04. The first-order valence-corrected chi connectivity index (χ1v) is 5.21. The van der Waals surface area contributed by atoms with E-state index in [1.54, 1.807) is 0 Å². The van der Waals surface area contributed by atoms with Crippen molar-refractivity contribution in [3.8, 4) is 0 Å². The van der Waals surface area contributed by atoms with E-state index in [9.17, 15) is 8.78 Å². The van der Waals surface area contributed by atoms with Crippen molar-refractivity contribution in [2.45, 2.75) is 37.1 Å². The van der Waals surface area contributed by atoms with Crippen LogP contribution < -0.4 is 0 Å². The van der Waals surface area contributed by atoms with E-state index >= 15 is 0 Å². The largest absolute Gasteiger partial charge is 0.303 e. The molecule has 0 N–H and O–H groups in total. The summed E-state index contributed by atoms with van der Waals surface area (Å²) in [6, 6.07) is 0. The molecule has 1 aliphatic carbocycles. The third-order valence-corrected chi connectivity index (χ3v) is 3.74. The zero-order valence-electron chi connectivity index (χ0n) is 8.19. The van der Waals surface area contributed by atoms with Gasteiger partial charge in [-0.25, -0.2) is 8.78 Å². The molecule has 0 spiro atoms. The van der Waals surface area contributed by atoms with Crippen LogP contribution in [0.2, 0.25) is 0 Å². The molecule has 0 unspecified atom stereocenters. The van der Waals surface area contributed by atoms with Gasteiger partial charge in [-0.15, -0.1) is 0 Å². The van der Waals surface area contributed by atoms with Crippen molar-refractivity contribution in [1.29, 1.82) is 0 Å². The van der Waals surface area contributed by atoms with Gasteiger partial charge in [0.1, 0.15) is 0 Å². The number of halogens is 2. The molecule has 0 bridgehead atoms. The fraction of sp³-hybridized carbons (Fsp3) is 1.00. The van der Waals surface area contributed by atoms with Crippen molar-refractivity contribution in [1.82, 2.24) is 4.90 Å². The normalized spacial score (nSPS) is 26.3. The molecule has 0 aliphatic heterocycles. The van der Waals surface area contributed by atoms with E-state index in [2.05, 4.69) is 12.6 Å². The number of thiol groups is 1. The Labute approximate surface area is 83.9 Å². The van der Waals surface area contributed by atoms with E-state index < -0.39 is 5.92 Å². The molecule has 13 heavy (non-hydrogen) atoms. The van der Waals surface area contributed by atoms with Crippen LogP contribution in [0.4, 0.5) is 8.78 Å². The zero-order valence-corrected chi connectivity index (χ0v) is 9.08. The molecule has 0 heterocycles. The number of nitrogens with zero attached hydrogens (tertiary/aromatic N) is 1. The van der Waals surface area contributed by atoms with Crippen molar-refractivity contribution in [2.24, 2.45) is 0 Å².